The SMILES string of the molecule is O=C(O)c1coc(CN(C2CC2)C2CCCc3ccccc32)n1. The molecule has 1 aromatic carbocycles. The summed E-state index contributed by atoms with van der Waals surface area (Å²) >= 11 is 0. The molecule has 1 fully saturated rings. The van der Waals surface area contributed by atoms with Crippen LogP contribution >= 0.6 is 0 Å². The van der Waals surface area contributed by atoms with Crippen molar-refractivity contribution in [3.63, 3.8) is 0 Å². The van der Waals surface area contributed by atoms with Crippen LogP contribution in [0, 0.1) is 0 Å². The highest BCUT2D eigenvalue weighted by Crippen LogP contribution is 2.41. The monoisotopic (exact) mass is 312 g/mol. The van der Waals surface area contributed by atoms with E-state index >= 15 is 0 Å². The van der Waals surface area contributed by atoms with Gasteiger partial charge < -0.3 is 9.52 Å². The standard InChI is InChI=1S/C18H20N2O3/c21-18(22)15-11-23-17(19-15)10-20(13-8-9-13)16-7-3-5-12-4-1-2-6-14(12)16/h1-2,4,6,11,13,16H,3,5,7-10H2,(H,21,22). The molecule has 0 radical (unpaired) electrons. The molecule has 0 bridgehead atoms. The van der Waals surface area contributed by atoms with Gasteiger partial charge in [-0.2, -0.15) is 0 Å². The first-order valence-electron chi connectivity index (χ1n) is 8.23. The minimum atomic E-state index is -1.04. The van der Waals surface area contributed by atoms with Crippen molar-refractivity contribution < 1.29 is 14.3 Å². The van der Waals surface area contributed by atoms with Gasteiger partial charge in [-0.1, -0.05) is 24.3 Å². The van der Waals surface area contributed by atoms with Gasteiger partial charge in [-0.3, -0.25) is 4.90 Å². The zero-order valence-electron chi connectivity index (χ0n) is 12.9. The van der Waals surface area contributed by atoms with E-state index < -0.39 is 5.97 Å². The lowest BCUT2D eigenvalue weighted by Gasteiger charge is -2.35. The number of benzene rings is 1. The summed E-state index contributed by atoms with van der Waals surface area (Å²) in [6.07, 6.45) is 7.11. The summed E-state index contributed by atoms with van der Waals surface area (Å²) in [6, 6.07) is 9.61. The number of oxazole rings is 1. The van der Waals surface area contributed by atoms with Gasteiger partial charge in [-0.15, -0.1) is 0 Å². The number of hydrogen-bond acceptors (Lipinski definition) is 4. The lowest BCUT2D eigenvalue weighted by atomic mass is 9.86. The second kappa shape index (κ2) is 5.81. The van der Waals surface area contributed by atoms with Gasteiger partial charge in [-0.25, -0.2) is 9.78 Å². The molecule has 1 atom stereocenters. The normalized spacial score (nSPS) is 20.5. The van der Waals surface area contributed by atoms with Crippen LogP contribution in [0.2, 0.25) is 0 Å². The number of hydrogen-bond donors (Lipinski definition) is 1. The van der Waals surface area contributed by atoms with Crippen molar-refractivity contribution in [3.8, 4) is 0 Å². The Balaban J connectivity index is 1.60. The smallest absolute Gasteiger partial charge is 0.357 e. The number of aromatic nitrogens is 1. The highest BCUT2D eigenvalue weighted by atomic mass is 16.4. The van der Waals surface area contributed by atoms with E-state index in [1.165, 1.54) is 36.7 Å². The van der Waals surface area contributed by atoms with Gasteiger partial charge in [0.25, 0.3) is 0 Å². The van der Waals surface area contributed by atoms with E-state index in [4.69, 9.17) is 9.52 Å². The quantitative estimate of drug-likeness (QED) is 0.916. The molecule has 0 saturated heterocycles. The number of carbonyl (C=O) groups is 1. The maximum absolute atomic E-state index is 11.0. The van der Waals surface area contributed by atoms with Crippen LogP contribution in [0.3, 0.4) is 0 Å². The van der Waals surface area contributed by atoms with Crippen molar-refractivity contribution in [1.82, 2.24) is 9.88 Å². The lowest BCUT2D eigenvalue weighted by molar-refractivity contribution is 0.0690. The van der Waals surface area contributed by atoms with E-state index in [0.29, 0.717) is 24.5 Å². The fourth-order valence-electron chi connectivity index (χ4n) is 3.61. The molecule has 1 unspecified atom stereocenters. The summed E-state index contributed by atoms with van der Waals surface area (Å²) < 4.78 is 5.38. The molecule has 5 nitrogen and oxygen atoms in total. The lowest BCUT2D eigenvalue weighted by Crippen LogP contribution is -2.33. The van der Waals surface area contributed by atoms with Crippen molar-refractivity contribution >= 4 is 5.97 Å². The molecule has 2 aliphatic rings. The second-order valence-corrected chi connectivity index (χ2v) is 6.44. The molecule has 0 aliphatic heterocycles. The van der Waals surface area contributed by atoms with Gasteiger partial charge in [0.05, 0.1) is 6.54 Å². The predicted octanol–water partition coefficient (Wildman–Crippen LogP) is 3.41. The molecular weight excluding hydrogens is 292 g/mol. The molecular formula is C18H20N2O3. The first-order chi connectivity index (χ1) is 11.2. The topological polar surface area (TPSA) is 66.6 Å². The maximum Gasteiger partial charge on any atom is 0.357 e. The Hall–Kier alpha value is -2.14. The van der Waals surface area contributed by atoms with Crippen LogP contribution in [0.5, 0.6) is 0 Å². The molecule has 1 heterocycles. The molecule has 5 heteroatoms. The number of rotatable bonds is 5. The van der Waals surface area contributed by atoms with E-state index in [2.05, 4.69) is 34.1 Å². The third kappa shape index (κ3) is 2.88. The number of carboxylic acid groups (broad SMARTS) is 1. The fourth-order valence-corrected chi connectivity index (χ4v) is 3.61. The zero-order valence-corrected chi connectivity index (χ0v) is 12.9. The second-order valence-electron chi connectivity index (χ2n) is 6.44. The largest absolute Gasteiger partial charge is 0.476 e. The minimum Gasteiger partial charge on any atom is -0.476 e. The van der Waals surface area contributed by atoms with Crippen LogP contribution in [0.1, 0.15) is 59.2 Å². The maximum atomic E-state index is 11.0. The molecule has 0 spiro atoms. The van der Waals surface area contributed by atoms with E-state index in [1.54, 1.807) is 0 Å². The summed E-state index contributed by atoms with van der Waals surface area (Å²) in [5.41, 5.74) is 2.84. The third-order valence-electron chi connectivity index (χ3n) is 4.84. The first kappa shape index (κ1) is 14.5. The Labute approximate surface area is 134 Å². The summed E-state index contributed by atoms with van der Waals surface area (Å²) in [4.78, 5) is 17.5. The molecule has 1 aromatic heterocycles. The minimum absolute atomic E-state index is 0.0141. The van der Waals surface area contributed by atoms with Crippen molar-refractivity contribution in [2.75, 3.05) is 0 Å². The van der Waals surface area contributed by atoms with E-state index in [9.17, 15) is 4.79 Å². The molecule has 1 N–H and O–H groups in total. The highest BCUT2D eigenvalue weighted by molar-refractivity contribution is 5.84. The van der Waals surface area contributed by atoms with Gasteiger partial charge in [0, 0.05) is 12.1 Å². The zero-order chi connectivity index (χ0) is 15.8. The Morgan fingerprint density at radius 3 is 2.87 bits per heavy atom. The summed E-state index contributed by atoms with van der Waals surface area (Å²) in [6.45, 7) is 0.580. The predicted molar refractivity (Wildman–Crippen MR) is 84.1 cm³/mol. The van der Waals surface area contributed by atoms with E-state index in [-0.39, 0.29) is 5.69 Å². The van der Waals surface area contributed by atoms with E-state index in [1.807, 2.05) is 0 Å². The number of aromatic carboxylic acids is 1. The van der Waals surface area contributed by atoms with Crippen LogP contribution < -0.4 is 0 Å². The number of aryl methyl sites for hydroxylation is 1. The molecule has 23 heavy (non-hydrogen) atoms. The van der Waals surface area contributed by atoms with Crippen molar-refractivity contribution in [1.29, 1.82) is 0 Å². The van der Waals surface area contributed by atoms with Crippen molar-refractivity contribution in [3.05, 3.63) is 53.2 Å². The fraction of sp³-hybridized carbons (Fsp3) is 0.444. The number of fused-ring (bicyclic) bond motifs is 1. The molecule has 4 rings (SSSR count). The average Bonchev–Trinajstić information content (AvgIpc) is 3.30. The average molecular weight is 312 g/mol. The summed E-state index contributed by atoms with van der Waals surface area (Å²) in [5, 5.41) is 9.00. The number of nitrogens with zero attached hydrogens (tertiary/aromatic N) is 2. The molecule has 2 aliphatic carbocycles. The Morgan fingerprint density at radius 2 is 2.13 bits per heavy atom. The van der Waals surface area contributed by atoms with Gasteiger partial charge in [-0.05, 0) is 43.2 Å². The van der Waals surface area contributed by atoms with Crippen LogP contribution in [0.25, 0.3) is 0 Å². The van der Waals surface area contributed by atoms with Crippen LogP contribution in [-0.2, 0) is 13.0 Å². The molecule has 120 valence electrons. The molecule has 2 aromatic rings. The molecule has 1 saturated carbocycles. The molecule has 0 amide bonds. The van der Waals surface area contributed by atoms with Crippen LogP contribution in [0.4, 0.5) is 0 Å². The van der Waals surface area contributed by atoms with Gasteiger partial charge >= 0.3 is 5.97 Å². The highest BCUT2D eigenvalue weighted by Gasteiger charge is 2.37. The van der Waals surface area contributed by atoms with Crippen molar-refractivity contribution in [2.24, 2.45) is 0 Å². The van der Waals surface area contributed by atoms with Crippen molar-refractivity contribution in [2.45, 2.75) is 50.7 Å². The summed E-state index contributed by atoms with van der Waals surface area (Å²) in [5.74, 6) is -0.543. The Kier molecular flexibility index (Phi) is 3.65. The van der Waals surface area contributed by atoms with E-state index in [0.717, 1.165) is 12.8 Å². The van der Waals surface area contributed by atoms with Gasteiger partial charge in [0.2, 0.25) is 5.89 Å². The Morgan fingerprint density at radius 1 is 1.30 bits per heavy atom. The summed E-state index contributed by atoms with van der Waals surface area (Å²) in [7, 11) is 0. The van der Waals surface area contributed by atoms with Gasteiger partial charge in [0.15, 0.2) is 5.69 Å². The van der Waals surface area contributed by atoms with Gasteiger partial charge in [0.1, 0.15) is 6.26 Å². The Bertz CT molecular complexity index is 721. The number of carboxylic acids is 1. The van der Waals surface area contributed by atoms with Crippen LogP contribution in [0.15, 0.2) is 34.9 Å². The third-order valence-corrected chi connectivity index (χ3v) is 4.84. The van der Waals surface area contributed by atoms with Crippen LogP contribution in [-0.4, -0.2) is 27.0 Å². The first-order valence-corrected chi connectivity index (χ1v) is 8.23.